The summed E-state index contributed by atoms with van der Waals surface area (Å²) in [7, 11) is 0. The van der Waals surface area contributed by atoms with Crippen molar-refractivity contribution in [3.05, 3.63) is 15.9 Å². The molecule has 1 rings (SSSR count). The number of carbonyl (C=O) groups is 1. The molecule has 0 aromatic carbocycles. The van der Waals surface area contributed by atoms with E-state index in [1.165, 1.54) is 0 Å². The zero-order chi connectivity index (χ0) is 8.43. The zero-order valence-electron chi connectivity index (χ0n) is 5.81. The minimum atomic E-state index is -0.416. The van der Waals surface area contributed by atoms with Crippen LogP contribution in [0.2, 0.25) is 0 Å². The van der Waals surface area contributed by atoms with Crippen LogP contribution in [0.25, 0.3) is 0 Å². The number of aryl methyl sites for hydroxylation is 1. The number of hydrazine groups is 1. The van der Waals surface area contributed by atoms with Crippen LogP contribution in [0.1, 0.15) is 16.2 Å². The van der Waals surface area contributed by atoms with Gasteiger partial charge in [0.15, 0.2) is 5.69 Å². The third kappa shape index (κ3) is 1.41. The van der Waals surface area contributed by atoms with Crippen LogP contribution in [-0.4, -0.2) is 16.1 Å². The van der Waals surface area contributed by atoms with E-state index < -0.39 is 5.91 Å². The molecule has 0 saturated heterocycles. The monoisotopic (exact) mass is 218 g/mol. The number of nitrogen functional groups attached to an aromatic ring is 1. The fourth-order valence-electron chi connectivity index (χ4n) is 0.634. The van der Waals surface area contributed by atoms with Crippen LogP contribution in [-0.2, 0) is 0 Å². The number of rotatable bonds is 1. The molecule has 11 heavy (non-hydrogen) atoms. The minimum Gasteiger partial charge on any atom is -0.289 e. The molecule has 6 heteroatoms. The number of hydrogen-bond acceptors (Lipinski definition) is 3. The van der Waals surface area contributed by atoms with E-state index in [1.807, 2.05) is 5.43 Å². The highest BCUT2D eigenvalue weighted by molar-refractivity contribution is 9.10. The van der Waals surface area contributed by atoms with Crippen LogP contribution in [0.5, 0.6) is 0 Å². The molecule has 1 heterocycles. The van der Waals surface area contributed by atoms with Gasteiger partial charge in [0.2, 0.25) is 0 Å². The minimum absolute atomic E-state index is 0.269. The van der Waals surface area contributed by atoms with Crippen LogP contribution < -0.4 is 11.3 Å². The second-order valence-corrected chi connectivity index (χ2v) is 2.78. The summed E-state index contributed by atoms with van der Waals surface area (Å²) < 4.78 is 0.639. The number of aromatic amines is 1. The lowest BCUT2D eigenvalue weighted by Crippen LogP contribution is -2.30. The Morgan fingerprint density at radius 2 is 2.45 bits per heavy atom. The lowest BCUT2D eigenvalue weighted by molar-refractivity contribution is 0.0948. The van der Waals surface area contributed by atoms with Crippen molar-refractivity contribution >= 4 is 21.8 Å². The van der Waals surface area contributed by atoms with Crippen molar-refractivity contribution in [3.8, 4) is 0 Å². The highest BCUT2D eigenvalue weighted by atomic mass is 79.9. The molecule has 0 unspecified atom stereocenters. The standard InChI is InChI=1S/C5H7BrN4O/c1-2-3(6)4(10-9-2)5(11)8-7/h7H2,1H3,(H,8,11)(H,9,10). The summed E-state index contributed by atoms with van der Waals surface area (Å²) in [4.78, 5) is 10.9. The van der Waals surface area contributed by atoms with Crippen LogP contribution >= 0.6 is 15.9 Å². The highest BCUT2D eigenvalue weighted by Crippen LogP contribution is 2.17. The molecule has 0 aliphatic rings. The van der Waals surface area contributed by atoms with Crippen LogP contribution in [0.3, 0.4) is 0 Å². The third-order valence-corrected chi connectivity index (χ3v) is 2.19. The summed E-state index contributed by atoms with van der Waals surface area (Å²) in [5.41, 5.74) is 3.05. The van der Waals surface area contributed by atoms with Crippen molar-refractivity contribution in [1.82, 2.24) is 15.6 Å². The van der Waals surface area contributed by atoms with Crippen molar-refractivity contribution in [2.75, 3.05) is 0 Å². The molecule has 0 spiro atoms. The summed E-state index contributed by atoms with van der Waals surface area (Å²) in [5.74, 6) is 4.49. The summed E-state index contributed by atoms with van der Waals surface area (Å²) in [6.45, 7) is 1.80. The van der Waals surface area contributed by atoms with E-state index in [0.29, 0.717) is 4.47 Å². The highest BCUT2D eigenvalue weighted by Gasteiger charge is 2.13. The lowest BCUT2D eigenvalue weighted by Gasteiger charge is -1.93. The third-order valence-electron chi connectivity index (χ3n) is 1.22. The van der Waals surface area contributed by atoms with E-state index in [1.54, 1.807) is 6.92 Å². The van der Waals surface area contributed by atoms with Crippen LogP contribution in [0, 0.1) is 6.92 Å². The number of aromatic nitrogens is 2. The van der Waals surface area contributed by atoms with Crippen molar-refractivity contribution in [1.29, 1.82) is 0 Å². The molecular formula is C5H7BrN4O. The maximum atomic E-state index is 10.9. The van der Waals surface area contributed by atoms with Crippen molar-refractivity contribution < 1.29 is 4.79 Å². The van der Waals surface area contributed by atoms with E-state index in [0.717, 1.165) is 5.69 Å². The molecule has 5 nitrogen and oxygen atoms in total. The molecule has 0 radical (unpaired) electrons. The van der Waals surface area contributed by atoms with Gasteiger partial charge in [0, 0.05) is 5.69 Å². The molecule has 4 N–H and O–H groups in total. The molecule has 0 bridgehead atoms. The predicted molar refractivity (Wildman–Crippen MR) is 42.7 cm³/mol. The first-order valence-electron chi connectivity index (χ1n) is 2.88. The number of H-pyrrole nitrogens is 1. The number of amides is 1. The largest absolute Gasteiger partial charge is 0.289 e. The van der Waals surface area contributed by atoms with Crippen LogP contribution in [0.15, 0.2) is 4.47 Å². The SMILES string of the molecule is Cc1[nH]nc(C(=O)NN)c1Br. The van der Waals surface area contributed by atoms with Crippen molar-refractivity contribution in [3.63, 3.8) is 0 Å². The molecule has 0 saturated carbocycles. The summed E-state index contributed by atoms with van der Waals surface area (Å²) >= 11 is 3.18. The van der Waals surface area contributed by atoms with Crippen LogP contribution in [0.4, 0.5) is 0 Å². The fourth-order valence-corrected chi connectivity index (χ4v) is 0.992. The first-order valence-corrected chi connectivity index (χ1v) is 3.67. The molecule has 0 fully saturated rings. The van der Waals surface area contributed by atoms with Gasteiger partial charge >= 0.3 is 0 Å². The first kappa shape index (κ1) is 8.22. The molecule has 1 aromatic heterocycles. The molecule has 0 atom stereocenters. The second-order valence-electron chi connectivity index (χ2n) is 1.98. The van der Waals surface area contributed by atoms with E-state index in [-0.39, 0.29) is 5.69 Å². The van der Waals surface area contributed by atoms with E-state index >= 15 is 0 Å². The predicted octanol–water partition coefficient (Wildman–Crippen LogP) is 0.0841. The smallest absolute Gasteiger partial charge is 0.286 e. The Hall–Kier alpha value is -0.880. The fraction of sp³-hybridized carbons (Fsp3) is 0.200. The van der Waals surface area contributed by atoms with Gasteiger partial charge in [-0.15, -0.1) is 0 Å². The number of hydrogen-bond donors (Lipinski definition) is 3. The molecule has 1 aromatic rings. The van der Waals surface area contributed by atoms with Crippen molar-refractivity contribution in [2.45, 2.75) is 6.92 Å². The van der Waals surface area contributed by atoms with Gasteiger partial charge < -0.3 is 0 Å². The summed E-state index contributed by atoms with van der Waals surface area (Å²) in [5, 5.41) is 6.36. The Kier molecular flexibility index (Phi) is 2.25. The quantitative estimate of drug-likeness (QED) is 0.355. The Morgan fingerprint density at radius 3 is 2.82 bits per heavy atom. The molecule has 1 amide bonds. The summed E-state index contributed by atoms with van der Waals surface area (Å²) in [6.07, 6.45) is 0. The average Bonchev–Trinajstić information content (AvgIpc) is 2.32. The maximum Gasteiger partial charge on any atom is 0.286 e. The Bertz CT molecular complexity index is 282. The van der Waals surface area contributed by atoms with E-state index in [2.05, 4.69) is 26.1 Å². The second kappa shape index (κ2) is 3.02. The Balaban J connectivity index is 3.04. The first-order chi connectivity index (χ1) is 5.16. The zero-order valence-corrected chi connectivity index (χ0v) is 7.40. The number of nitrogens with zero attached hydrogens (tertiary/aromatic N) is 1. The van der Waals surface area contributed by atoms with Gasteiger partial charge in [-0.1, -0.05) is 0 Å². The number of carbonyl (C=O) groups excluding carboxylic acids is 1. The van der Waals surface area contributed by atoms with Gasteiger partial charge in [-0.25, -0.2) is 5.84 Å². The Labute approximate surface area is 71.4 Å². The lowest BCUT2D eigenvalue weighted by atomic mass is 10.4. The normalized spacial score (nSPS) is 9.73. The molecule has 0 aliphatic heterocycles. The number of nitrogens with one attached hydrogen (secondary N) is 2. The van der Waals surface area contributed by atoms with Gasteiger partial charge in [-0.3, -0.25) is 15.3 Å². The number of halogens is 1. The topological polar surface area (TPSA) is 83.8 Å². The van der Waals surface area contributed by atoms with Gasteiger partial charge in [0.1, 0.15) is 0 Å². The van der Waals surface area contributed by atoms with Gasteiger partial charge in [0.25, 0.3) is 5.91 Å². The van der Waals surface area contributed by atoms with Gasteiger partial charge in [0.05, 0.1) is 4.47 Å². The molecular weight excluding hydrogens is 212 g/mol. The maximum absolute atomic E-state index is 10.9. The van der Waals surface area contributed by atoms with Gasteiger partial charge in [-0.05, 0) is 22.9 Å². The summed E-state index contributed by atoms with van der Waals surface area (Å²) in [6, 6.07) is 0. The molecule has 60 valence electrons. The number of nitrogens with two attached hydrogens (primary N) is 1. The Morgan fingerprint density at radius 1 is 1.82 bits per heavy atom. The van der Waals surface area contributed by atoms with E-state index in [4.69, 9.17) is 5.84 Å². The average molecular weight is 219 g/mol. The molecule has 0 aliphatic carbocycles. The van der Waals surface area contributed by atoms with E-state index in [9.17, 15) is 4.79 Å². The van der Waals surface area contributed by atoms with Gasteiger partial charge in [-0.2, -0.15) is 5.10 Å². The van der Waals surface area contributed by atoms with Crippen molar-refractivity contribution in [2.24, 2.45) is 5.84 Å².